The Morgan fingerprint density at radius 3 is 2.66 bits per heavy atom. The van der Waals surface area contributed by atoms with Crippen LogP contribution in [-0.2, 0) is 13.8 Å². The Bertz CT molecular complexity index is 864. The van der Waals surface area contributed by atoms with E-state index in [0.717, 1.165) is 0 Å². The molecule has 1 unspecified atom stereocenters. The normalized spacial score (nSPS) is 22.0. The van der Waals surface area contributed by atoms with Crippen LogP contribution < -0.4 is 21.1 Å². The molecule has 2 aromatic rings. The molecule has 2 aromatic heterocycles. The fraction of sp³-hybridized carbons (Fsp3) is 0.688. The van der Waals surface area contributed by atoms with E-state index in [0.29, 0.717) is 0 Å². The van der Waals surface area contributed by atoms with Crippen molar-refractivity contribution in [1.29, 1.82) is 0 Å². The van der Waals surface area contributed by atoms with Gasteiger partial charge < -0.3 is 25.4 Å². The number of ether oxygens (including phenoxy) is 1. The number of anilines is 1. The van der Waals surface area contributed by atoms with Crippen LogP contribution in [0, 0.1) is 0 Å². The SMILES string of the molecule is CC[NH+](CC)CC.Nc1nc2c(ncn2[C@H]2C[C@H](O)[C@@H](CO[P+](=O)[O-])O2)c(=O)[nH]1. The fourth-order valence-electron chi connectivity index (χ4n) is 3.07. The predicted octanol–water partition coefficient (Wildman–Crippen LogP) is -1.68. The molecule has 4 atom stereocenters. The van der Waals surface area contributed by atoms with Gasteiger partial charge in [0.1, 0.15) is 18.9 Å². The maximum atomic E-state index is 11.7. The number of aliphatic hydroxyl groups is 1. The number of quaternary nitrogens is 1. The van der Waals surface area contributed by atoms with Gasteiger partial charge in [0.25, 0.3) is 5.56 Å². The number of fused-ring (bicyclic) bond motifs is 1. The molecule has 0 radical (unpaired) electrons. The van der Waals surface area contributed by atoms with E-state index in [1.165, 1.54) is 30.5 Å². The van der Waals surface area contributed by atoms with Gasteiger partial charge in [0.15, 0.2) is 11.2 Å². The smallest absolute Gasteiger partial charge is 0.488 e. The Balaban J connectivity index is 0.000000370. The van der Waals surface area contributed by atoms with Crippen LogP contribution >= 0.6 is 8.25 Å². The highest BCUT2D eigenvalue weighted by Gasteiger charge is 2.37. The van der Waals surface area contributed by atoms with E-state index >= 15 is 0 Å². The molecule has 1 aliphatic heterocycles. The minimum atomic E-state index is -3.02. The molecule has 13 heteroatoms. The summed E-state index contributed by atoms with van der Waals surface area (Å²) in [6.45, 7) is 10.2. The second kappa shape index (κ2) is 10.7. The summed E-state index contributed by atoms with van der Waals surface area (Å²) in [4.78, 5) is 34.1. The first kappa shape index (κ1) is 23.3. The van der Waals surface area contributed by atoms with Gasteiger partial charge in [-0.25, -0.2) is 4.98 Å². The summed E-state index contributed by atoms with van der Waals surface area (Å²) >= 11 is 0. The summed E-state index contributed by atoms with van der Waals surface area (Å²) < 4.78 is 21.9. The third-order valence-corrected chi connectivity index (χ3v) is 5.17. The van der Waals surface area contributed by atoms with Crippen LogP contribution in [0.5, 0.6) is 0 Å². The van der Waals surface area contributed by atoms with Crippen LogP contribution in [0.1, 0.15) is 33.4 Å². The van der Waals surface area contributed by atoms with Crippen LogP contribution in [0.25, 0.3) is 11.2 Å². The van der Waals surface area contributed by atoms with Crippen LogP contribution in [0.4, 0.5) is 5.95 Å². The summed E-state index contributed by atoms with van der Waals surface area (Å²) in [5.41, 5.74) is 5.33. The molecule has 1 fully saturated rings. The van der Waals surface area contributed by atoms with Crippen LogP contribution in [0.15, 0.2) is 11.1 Å². The van der Waals surface area contributed by atoms with E-state index < -0.39 is 32.2 Å². The van der Waals surface area contributed by atoms with Gasteiger partial charge in [0.05, 0.1) is 32.1 Å². The molecular formula is C16H28N6O6P+. The summed E-state index contributed by atoms with van der Waals surface area (Å²) in [5.74, 6) is -0.0685. The number of hydrogen-bond acceptors (Lipinski definition) is 9. The van der Waals surface area contributed by atoms with E-state index in [1.807, 2.05) is 0 Å². The topological polar surface area (TPSA) is 173 Å². The molecule has 162 valence electrons. The van der Waals surface area contributed by atoms with Crippen molar-refractivity contribution < 1.29 is 28.7 Å². The number of aromatic amines is 1. The first-order chi connectivity index (χ1) is 13.8. The molecule has 0 spiro atoms. The maximum Gasteiger partial charge on any atom is 0.488 e. The van der Waals surface area contributed by atoms with Crippen molar-refractivity contribution in [3.63, 3.8) is 0 Å². The predicted molar refractivity (Wildman–Crippen MR) is 103 cm³/mol. The molecule has 0 aromatic carbocycles. The number of nitrogens with zero attached hydrogens (tertiary/aromatic N) is 3. The second-order valence-corrected chi connectivity index (χ2v) is 7.24. The van der Waals surface area contributed by atoms with Gasteiger partial charge in [-0.1, -0.05) is 0 Å². The minimum absolute atomic E-state index is 0.0685. The monoisotopic (exact) mass is 431 g/mol. The lowest BCUT2D eigenvalue weighted by Crippen LogP contribution is -3.11. The van der Waals surface area contributed by atoms with Gasteiger partial charge in [-0.15, -0.1) is 4.52 Å². The standard InChI is InChI=1S/C10H12N5O6P.C6H15N/c11-10-13-8-7(9(17)14-10)12-3-15(8)6-1-4(16)5(21-6)2-20-22(18)19;1-4-7(5-2)6-3/h3-6,16H,1-2H2,(H3,11,13,14,17);4-6H2,1-3H3/p+1/t4-,5+,6+;/m0./s1. The van der Waals surface area contributed by atoms with Gasteiger partial charge in [-0.3, -0.25) is 14.3 Å². The number of nitrogen functional groups attached to an aromatic ring is 1. The largest absolute Gasteiger partial charge is 0.566 e. The van der Waals surface area contributed by atoms with Crippen LogP contribution in [0.3, 0.4) is 0 Å². The quantitative estimate of drug-likeness (QED) is 0.373. The maximum absolute atomic E-state index is 11.7. The molecule has 0 aliphatic carbocycles. The molecule has 0 amide bonds. The zero-order chi connectivity index (χ0) is 21.6. The molecule has 12 nitrogen and oxygen atoms in total. The number of hydrogen-bond donors (Lipinski definition) is 4. The van der Waals surface area contributed by atoms with Gasteiger partial charge in [-0.2, -0.15) is 4.98 Å². The average molecular weight is 431 g/mol. The van der Waals surface area contributed by atoms with E-state index in [2.05, 4.69) is 40.2 Å². The van der Waals surface area contributed by atoms with Crippen molar-refractivity contribution in [3.8, 4) is 0 Å². The highest BCUT2D eigenvalue weighted by molar-refractivity contribution is 7.30. The van der Waals surface area contributed by atoms with Crippen molar-refractivity contribution in [2.24, 2.45) is 0 Å². The third-order valence-electron chi connectivity index (χ3n) is 4.81. The molecule has 5 N–H and O–H groups in total. The number of rotatable bonds is 7. The Morgan fingerprint density at radius 1 is 1.45 bits per heavy atom. The Hall–Kier alpha value is -1.95. The first-order valence-corrected chi connectivity index (χ1v) is 10.6. The molecule has 1 saturated heterocycles. The highest BCUT2D eigenvalue weighted by atomic mass is 31.1. The lowest BCUT2D eigenvalue weighted by atomic mass is 10.2. The Kier molecular flexibility index (Phi) is 8.62. The number of aliphatic hydroxyl groups excluding tert-OH is 1. The number of imidazole rings is 1. The first-order valence-electron chi connectivity index (χ1n) is 9.47. The summed E-state index contributed by atoms with van der Waals surface area (Å²) in [5, 5.41) is 9.90. The number of nitrogens with one attached hydrogen (secondary N) is 2. The third kappa shape index (κ3) is 6.01. The molecular weight excluding hydrogens is 403 g/mol. The van der Waals surface area contributed by atoms with Gasteiger partial charge in [0, 0.05) is 6.42 Å². The highest BCUT2D eigenvalue weighted by Crippen LogP contribution is 2.31. The molecule has 1 aliphatic rings. The van der Waals surface area contributed by atoms with E-state index in [4.69, 9.17) is 10.5 Å². The lowest BCUT2D eigenvalue weighted by molar-refractivity contribution is -0.894. The molecule has 0 saturated carbocycles. The van der Waals surface area contributed by atoms with Gasteiger partial charge >= 0.3 is 8.25 Å². The van der Waals surface area contributed by atoms with Crippen LogP contribution in [-0.4, -0.2) is 63.1 Å². The van der Waals surface area contributed by atoms with Crippen molar-refractivity contribution in [2.75, 3.05) is 32.0 Å². The second-order valence-electron chi connectivity index (χ2n) is 6.54. The lowest BCUT2D eigenvalue weighted by Gasteiger charge is -2.13. The number of H-pyrrole nitrogens is 1. The number of aromatic nitrogens is 4. The Labute approximate surface area is 168 Å². The zero-order valence-electron chi connectivity index (χ0n) is 16.7. The Morgan fingerprint density at radius 2 is 2.10 bits per heavy atom. The van der Waals surface area contributed by atoms with Crippen molar-refractivity contribution >= 4 is 25.4 Å². The van der Waals surface area contributed by atoms with E-state index in [-0.39, 0.29) is 30.1 Å². The fourth-order valence-corrected chi connectivity index (χ4v) is 3.34. The number of nitrogens with two attached hydrogens (primary N) is 1. The molecule has 29 heavy (non-hydrogen) atoms. The minimum Gasteiger partial charge on any atom is -0.566 e. The van der Waals surface area contributed by atoms with Crippen molar-refractivity contribution in [1.82, 2.24) is 19.5 Å². The van der Waals surface area contributed by atoms with Crippen LogP contribution in [0.2, 0.25) is 0 Å². The zero-order valence-corrected chi connectivity index (χ0v) is 17.6. The molecule has 3 heterocycles. The molecule has 3 rings (SSSR count). The summed E-state index contributed by atoms with van der Waals surface area (Å²) in [7, 11) is -3.02. The summed E-state index contributed by atoms with van der Waals surface area (Å²) in [6.07, 6.45) is -0.872. The van der Waals surface area contributed by atoms with Crippen molar-refractivity contribution in [3.05, 3.63) is 16.7 Å². The van der Waals surface area contributed by atoms with Gasteiger partial charge in [-0.05, 0) is 25.3 Å². The van der Waals surface area contributed by atoms with E-state index in [9.17, 15) is 19.4 Å². The average Bonchev–Trinajstić information content (AvgIpc) is 3.25. The summed E-state index contributed by atoms with van der Waals surface area (Å²) in [6, 6.07) is 0. The van der Waals surface area contributed by atoms with Crippen molar-refractivity contribution in [2.45, 2.75) is 45.6 Å². The van der Waals surface area contributed by atoms with Gasteiger partial charge in [0.2, 0.25) is 5.95 Å². The van der Waals surface area contributed by atoms with E-state index in [1.54, 1.807) is 4.90 Å². The molecule has 0 bridgehead atoms.